The van der Waals surface area contributed by atoms with E-state index in [1.54, 1.807) is 6.07 Å². The van der Waals surface area contributed by atoms with Crippen LogP contribution >= 0.6 is 0 Å². The molecule has 4 heteroatoms. The topological polar surface area (TPSA) is 18.5 Å². The number of ether oxygens (including phenoxy) is 2. The molecule has 0 radical (unpaired) electrons. The van der Waals surface area contributed by atoms with E-state index < -0.39 is 11.6 Å². The normalized spacial score (nSPS) is 30.7. The summed E-state index contributed by atoms with van der Waals surface area (Å²) in [6.45, 7) is 3.63. The molecule has 2 nitrogen and oxygen atoms in total. The molecule has 2 fully saturated rings. The second-order valence-electron chi connectivity index (χ2n) is 7.30. The lowest BCUT2D eigenvalue weighted by Gasteiger charge is -2.37. The molecule has 0 N–H and O–H groups in total. The Morgan fingerprint density at radius 2 is 1.76 bits per heavy atom. The molecule has 0 unspecified atom stereocenters. The molecule has 1 saturated carbocycles. The van der Waals surface area contributed by atoms with E-state index in [0.717, 1.165) is 57.3 Å². The van der Waals surface area contributed by atoms with Crippen molar-refractivity contribution in [3.05, 3.63) is 47.5 Å². The largest absolute Gasteiger partial charge is 0.352 e. The fourth-order valence-corrected chi connectivity index (χ4v) is 3.86. The Labute approximate surface area is 149 Å². The van der Waals surface area contributed by atoms with Gasteiger partial charge in [0, 0.05) is 11.8 Å². The molecule has 25 heavy (non-hydrogen) atoms. The van der Waals surface area contributed by atoms with Crippen molar-refractivity contribution < 1.29 is 18.3 Å². The summed E-state index contributed by atoms with van der Waals surface area (Å²) in [5.41, 5.74) is 0.906. The van der Waals surface area contributed by atoms with Gasteiger partial charge in [0.05, 0.1) is 13.2 Å². The molecule has 138 valence electrons. The van der Waals surface area contributed by atoms with Crippen LogP contribution in [0.2, 0.25) is 0 Å². The highest BCUT2D eigenvalue weighted by Gasteiger charge is 2.32. The monoisotopic (exact) mass is 350 g/mol. The number of unbranched alkanes of at least 4 members (excludes halogenated alkanes) is 1. The predicted octanol–water partition coefficient (Wildman–Crippen LogP) is 5.58. The second kappa shape index (κ2) is 8.91. The summed E-state index contributed by atoms with van der Waals surface area (Å²) in [4.78, 5) is 0. The Hall–Kier alpha value is -1.26. The van der Waals surface area contributed by atoms with Gasteiger partial charge in [0.15, 0.2) is 17.9 Å². The fraction of sp³-hybridized carbons (Fsp3) is 0.619. The number of hydrogen-bond donors (Lipinski definition) is 0. The zero-order chi connectivity index (χ0) is 17.6. The van der Waals surface area contributed by atoms with Crippen molar-refractivity contribution in [3.63, 3.8) is 0 Å². The zero-order valence-electron chi connectivity index (χ0n) is 14.9. The molecule has 1 aromatic rings. The minimum Gasteiger partial charge on any atom is -0.352 e. The van der Waals surface area contributed by atoms with E-state index >= 15 is 0 Å². The molecule has 0 amide bonds. The van der Waals surface area contributed by atoms with Crippen LogP contribution in [0.5, 0.6) is 0 Å². The fourth-order valence-electron chi connectivity index (χ4n) is 3.86. The van der Waals surface area contributed by atoms with Crippen LogP contribution in [0.3, 0.4) is 0 Å². The van der Waals surface area contributed by atoms with E-state index in [-0.39, 0.29) is 6.29 Å². The van der Waals surface area contributed by atoms with E-state index in [1.807, 2.05) is 0 Å². The third-order valence-electron chi connectivity index (χ3n) is 5.38. The number of allylic oxidation sites excluding steroid dienone is 1. The van der Waals surface area contributed by atoms with Crippen molar-refractivity contribution in [2.75, 3.05) is 13.2 Å². The first-order valence-corrected chi connectivity index (χ1v) is 9.52. The molecular weight excluding hydrogens is 322 g/mol. The van der Waals surface area contributed by atoms with Crippen LogP contribution < -0.4 is 0 Å². The summed E-state index contributed by atoms with van der Waals surface area (Å²) >= 11 is 0. The molecular formula is C21H28F2O2. The van der Waals surface area contributed by atoms with Gasteiger partial charge in [-0.1, -0.05) is 31.6 Å². The molecule has 2 aliphatic rings. The zero-order valence-corrected chi connectivity index (χ0v) is 14.9. The number of rotatable bonds is 5. The molecule has 0 aromatic heterocycles. The van der Waals surface area contributed by atoms with Gasteiger partial charge in [-0.15, -0.1) is 0 Å². The number of hydrogen-bond acceptors (Lipinski definition) is 2. The first-order chi connectivity index (χ1) is 12.2. The molecule has 3 rings (SSSR count). The molecule has 0 spiro atoms. The molecule has 1 aliphatic carbocycles. The lowest BCUT2D eigenvalue weighted by Crippen LogP contribution is -2.37. The van der Waals surface area contributed by atoms with Crippen LogP contribution in [0.15, 0.2) is 30.4 Å². The summed E-state index contributed by atoms with van der Waals surface area (Å²) in [5.74, 6) is -0.451. The molecule has 0 atom stereocenters. The van der Waals surface area contributed by atoms with Crippen LogP contribution in [0.25, 0.3) is 0 Å². The maximum atomic E-state index is 13.4. The van der Waals surface area contributed by atoms with Crippen LogP contribution in [0.4, 0.5) is 8.78 Å². The first-order valence-electron chi connectivity index (χ1n) is 9.52. The Morgan fingerprint density at radius 3 is 2.40 bits per heavy atom. The highest BCUT2D eigenvalue weighted by Crippen LogP contribution is 2.39. The van der Waals surface area contributed by atoms with Gasteiger partial charge in [-0.2, -0.15) is 0 Å². The Balaban J connectivity index is 1.46. The van der Waals surface area contributed by atoms with Gasteiger partial charge in [-0.25, -0.2) is 8.78 Å². The van der Waals surface area contributed by atoms with Gasteiger partial charge in [0.1, 0.15) is 0 Å². The number of halogens is 2. The quantitative estimate of drug-likeness (QED) is 0.645. The van der Waals surface area contributed by atoms with Crippen LogP contribution in [-0.4, -0.2) is 19.5 Å². The van der Waals surface area contributed by atoms with E-state index in [1.165, 1.54) is 12.1 Å². The van der Waals surface area contributed by atoms with Crippen molar-refractivity contribution >= 4 is 0 Å². The van der Waals surface area contributed by atoms with E-state index in [0.29, 0.717) is 17.8 Å². The average molecular weight is 350 g/mol. The van der Waals surface area contributed by atoms with Crippen LogP contribution in [0, 0.1) is 23.5 Å². The lowest BCUT2D eigenvalue weighted by molar-refractivity contribution is -0.222. The van der Waals surface area contributed by atoms with Crippen LogP contribution in [-0.2, 0) is 9.47 Å². The third-order valence-corrected chi connectivity index (χ3v) is 5.38. The Kier molecular flexibility index (Phi) is 6.60. The van der Waals surface area contributed by atoms with Gasteiger partial charge in [-0.3, -0.25) is 0 Å². The van der Waals surface area contributed by atoms with E-state index in [4.69, 9.17) is 9.47 Å². The highest BCUT2D eigenvalue weighted by atomic mass is 19.2. The maximum absolute atomic E-state index is 13.4. The molecule has 1 aliphatic heterocycles. The van der Waals surface area contributed by atoms with Gasteiger partial charge in [0.25, 0.3) is 0 Å². The average Bonchev–Trinajstić information content (AvgIpc) is 2.65. The molecule has 1 heterocycles. The van der Waals surface area contributed by atoms with E-state index in [2.05, 4.69) is 19.1 Å². The Bertz CT molecular complexity index is 571. The first kappa shape index (κ1) is 18.5. The minimum absolute atomic E-state index is 0.110. The van der Waals surface area contributed by atoms with Gasteiger partial charge in [-0.05, 0) is 55.7 Å². The van der Waals surface area contributed by atoms with E-state index in [9.17, 15) is 8.78 Å². The summed E-state index contributed by atoms with van der Waals surface area (Å²) in [7, 11) is 0. The number of benzene rings is 1. The third kappa shape index (κ3) is 4.89. The molecule has 0 bridgehead atoms. The van der Waals surface area contributed by atoms with Gasteiger partial charge in [0.2, 0.25) is 0 Å². The van der Waals surface area contributed by atoms with Crippen LogP contribution in [0.1, 0.15) is 56.9 Å². The summed E-state index contributed by atoms with van der Waals surface area (Å²) < 4.78 is 38.4. The highest BCUT2D eigenvalue weighted by molar-refractivity contribution is 5.22. The SMILES string of the molecule is CCC/C=C/[C@H]1CO[C@H]([C@H]2CC[C@H](c3ccc(F)c(F)c3)CC2)OC1. The lowest BCUT2D eigenvalue weighted by atomic mass is 9.78. The predicted molar refractivity (Wildman–Crippen MR) is 94.3 cm³/mol. The van der Waals surface area contributed by atoms with Crippen molar-refractivity contribution in [1.29, 1.82) is 0 Å². The minimum atomic E-state index is -0.774. The molecule has 1 saturated heterocycles. The van der Waals surface area contributed by atoms with Crippen molar-refractivity contribution in [1.82, 2.24) is 0 Å². The standard InChI is InChI=1S/C21H28F2O2/c1-2-3-4-5-15-13-24-21(25-14-15)17-8-6-16(7-9-17)18-10-11-19(22)20(23)12-18/h4-5,10-12,15-17,21H,2-3,6-9,13-14H2,1H3/b5-4+/t15-,16-,17-,21-. The van der Waals surface area contributed by atoms with Crippen molar-refractivity contribution in [2.24, 2.45) is 11.8 Å². The van der Waals surface area contributed by atoms with Crippen molar-refractivity contribution in [2.45, 2.75) is 57.7 Å². The summed E-state index contributed by atoms with van der Waals surface area (Å²) in [6.07, 6.45) is 10.5. The maximum Gasteiger partial charge on any atom is 0.160 e. The van der Waals surface area contributed by atoms with Gasteiger partial charge >= 0.3 is 0 Å². The summed E-state index contributed by atoms with van der Waals surface area (Å²) in [5, 5.41) is 0. The van der Waals surface area contributed by atoms with Gasteiger partial charge < -0.3 is 9.47 Å². The smallest absolute Gasteiger partial charge is 0.160 e. The molecule has 1 aromatic carbocycles. The Morgan fingerprint density at radius 1 is 1.04 bits per heavy atom. The second-order valence-corrected chi connectivity index (χ2v) is 7.30. The van der Waals surface area contributed by atoms with Crippen molar-refractivity contribution in [3.8, 4) is 0 Å². The summed E-state index contributed by atoms with van der Waals surface area (Å²) in [6, 6.07) is 4.29.